The van der Waals surface area contributed by atoms with Gasteiger partial charge in [0.25, 0.3) is 0 Å². The van der Waals surface area contributed by atoms with Crippen LogP contribution in [0.3, 0.4) is 0 Å². The molecule has 0 aliphatic heterocycles. The molecule has 6 heteroatoms. The number of para-hydroxylation sites is 1. The van der Waals surface area contributed by atoms with Crippen LogP contribution in [0, 0.1) is 0 Å². The summed E-state index contributed by atoms with van der Waals surface area (Å²) in [4.78, 5) is 0. The van der Waals surface area contributed by atoms with Gasteiger partial charge in [0.2, 0.25) is 0 Å². The average molecular weight is 277 g/mol. The molecule has 0 aromatic heterocycles. The standard InChI is InChI=1S/C13H18F3NO2/c1-2-19-12-6-4-3-5-10(12)11(17)7-8-18-9-13(14,15)16/h3-6,11H,2,7-9,17H2,1H3. The van der Waals surface area contributed by atoms with Gasteiger partial charge in [0, 0.05) is 18.2 Å². The molecule has 1 unspecified atom stereocenters. The van der Waals surface area contributed by atoms with E-state index in [4.69, 9.17) is 10.5 Å². The van der Waals surface area contributed by atoms with E-state index in [-0.39, 0.29) is 6.61 Å². The Bertz CT molecular complexity index is 382. The minimum absolute atomic E-state index is 0.0405. The van der Waals surface area contributed by atoms with Crippen LogP contribution in [-0.2, 0) is 4.74 Å². The summed E-state index contributed by atoms with van der Waals surface area (Å²) in [6.07, 6.45) is -3.99. The van der Waals surface area contributed by atoms with Crippen LogP contribution in [0.4, 0.5) is 13.2 Å². The number of benzene rings is 1. The number of hydrogen-bond acceptors (Lipinski definition) is 3. The first-order valence-electron chi connectivity index (χ1n) is 6.06. The lowest BCUT2D eigenvalue weighted by molar-refractivity contribution is -0.174. The molecule has 1 aromatic carbocycles. The smallest absolute Gasteiger partial charge is 0.411 e. The summed E-state index contributed by atoms with van der Waals surface area (Å²) in [5, 5.41) is 0. The van der Waals surface area contributed by atoms with Gasteiger partial charge in [-0.1, -0.05) is 18.2 Å². The highest BCUT2D eigenvalue weighted by Crippen LogP contribution is 2.25. The quantitative estimate of drug-likeness (QED) is 0.779. The van der Waals surface area contributed by atoms with Gasteiger partial charge < -0.3 is 15.2 Å². The topological polar surface area (TPSA) is 44.5 Å². The van der Waals surface area contributed by atoms with E-state index in [1.54, 1.807) is 12.1 Å². The molecule has 0 saturated carbocycles. The normalized spacial score (nSPS) is 13.3. The molecule has 108 valence electrons. The molecule has 0 radical (unpaired) electrons. The molecule has 1 aromatic rings. The van der Waals surface area contributed by atoms with Gasteiger partial charge in [0.1, 0.15) is 12.4 Å². The van der Waals surface area contributed by atoms with Crippen LogP contribution in [0.15, 0.2) is 24.3 Å². The van der Waals surface area contributed by atoms with Crippen molar-refractivity contribution < 1.29 is 22.6 Å². The van der Waals surface area contributed by atoms with E-state index in [1.807, 2.05) is 19.1 Å². The predicted molar refractivity (Wildman–Crippen MR) is 66.0 cm³/mol. The average Bonchev–Trinajstić information content (AvgIpc) is 2.34. The van der Waals surface area contributed by atoms with E-state index in [1.165, 1.54) is 0 Å². The zero-order chi connectivity index (χ0) is 14.3. The Hall–Kier alpha value is -1.27. The molecule has 2 N–H and O–H groups in total. The van der Waals surface area contributed by atoms with E-state index in [9.17, 15) is 13.2 Å². The van der Waals surface area contributed by atoms with E-state index in [0.29, 0.717) is 18.8 Å². The van der Waals surface area contributed by atoms with Crippen LogP contribution in [0.5, 0.6) is 5.75 Å². The molecule has 0 aliphatic carbocycles. The van der Waals surface area contributed by atoms with Crippen LogP contribution in [-0.4, -0.2) is 26.0 Å². The van der Waals surface area contributed by atoms with Crippen molar-refractivity contribution in [1.29, 1.82) is 0 Å². The summed E-state index contributed by atoms with van der Waals surface area (Å²) in [5.41, 5.74) is 6.71. The first-order valence-corrected chi connectivity index (χ1v) is 6.06. The van der Waals surface area contributed by atoms with Crippen molar-refractivity contribution >= 4 is 0 Å². The number of nitrogens with two attached hydrogens (primary N) is 1. The molecule has 0 saturated heterocycles. The van der Waals surface area contributed by atoms with E-state index in [2.05, 4.69) is 4.74 Å². The summed E-state index contributed by atoms with van der Waals surface area (Å²) in [5.74, 6) is 0.660. The third-order valence-corrected chi connectivity index (χ3v) is 2.46. The fourth-order valence-corrected chi connectivity index (χ4v) is 1.63. The molecular weight excluding hydrogens is 259 g/mol. The zero-order valence-electron chi connectivity index (χ0n) is 10.7. The third-order valence-electron chi connectivity index (χ3n) is 2.46. The van der Waals surface area contributed by atoms with Crippen molar-refractivity contribution in [3.63, 3.8) is 0 Å². The highest BCUT2D eigenvalue weighted by Gasteiger charge is 2.27. The molecule has 1 rings (SSSR count). The molecule has 0 fully saturated rings. The molecule has 0 amide bonds. The SMILES string of the molecule is CCOc1ccccc1C(N)CCOCC(F)(F)F. The van der Waals surface area contributed by atoms with Crippen LogP contribution < -0.4 is 10.5 Å². The van der Waals surface area contributed by atoms with Crippen molar-refractivity contribution in [3.05, 3.63) is 29.8 Å². The van der Waals surface area contributed by atoms with Gasteiger partial charge in [-0.2, -0.15) is 13.2 Å². The summed E-state index contributed by atoms with van der Waals surface area (Å²) >= 11 is 0. The Morgan fingerprint density at radius 3 is 2.58 bits per heavy atom. The Balaban J connectivity index is 2.47. The number of rotatable bonds is 7. The maximum Gasteiger partial charge on any atom is 0.411 e. The Morgan fingerprint density at radius 1 is 1.26 bits per heavy atom. The maximum absolute atomic E-state index is 11.9. The van der Waals surface area contributed by atoms with Crippen molar-refractivity contribution in [2.75, 3.05) is 19.8 Å². The summed E-state index contributed by atoms with van der Waals surface area (Å²) in [6, 6.07) is 6.82. The largest absolute Gasteiger partial charge is 0.494 e. The van der Waals surface area contributed by atoms with Crippen LogP contribution in [0.25, 0.3) is 0 Å². The zero-order valence-corrected chi connectivity index (χ0v) is 10.7. The summed E-state index contributed by atoms with van der Waals surface area (Å²) in [6.45, 7) is 1.08. The maximum atomic E-state index is 11.9. The minimum atomic E-state index is -4.30. The molecule has 0 bridgehead atoms. The van der Waals surface area contributed by atoms with Crippen molar-refractivity contribution in [1.82, 2.24) is 0 Å². The van der Waals surface area contributed by atoms with E-state index < -0.39 is 18.8 Å². The van der Waals surface area contributed by atoms with E-state index >= 15 is 0 Å². The van der Waals surface area contributed by atoms with Crippen molar-refractivity contribution in [2.45, 2.75) is 25.6 Å². The van der Waals surface area contributed by atoms with Crippen LogP contribution >= 0.6 is 0 Å². The number of halogens is 3. The molecular formula is C13H18F3NO2. The fraction of sp³-hybridized carbons (Fsp3) is 0.538. The van der Waals surface area contributed by atoms with Gasteiger partial charge >= 0.3 is 6.18 Å². The molecule has 0 aliphatic rings. The number of alkyl halides is 3. The van der Waals surface area contributed by atoms with Gasteiger partial charge in [-0.05, 0) is 19.4 Å². The minimum Gasteiger partial charge on any atom is -0.494 e. The lowest BCUT2D eigenvalue weighted by Gasteiger charge is -2.16. The Labute approximate surface area is 110 Å². The fourth-order valence-electron chi connectivity index (χ4n) is 1.63. The van der Waals surface area contributed by atoms with Gasteiger partial charge in [-0.25, -0.2) is 0 Å². The molecule has 1 atom stereocenters. The Kier molecular flexibility index (Phi) is 6.11. The monoisotopic (exact) mass is 277 g/mol. The van der Waals surface area contributed by atoms with Gasteiger partial charge in [-0.3, -0.25) is 0 Å². The highest BCUT2D eigenvalue weighted by molar-refractivity contribution is 5.35. The molecule has 19 heavy (non-hydrogen) atoms. The lowest BCUT2D eigenvalue weighted by Crippen LogP contribution is -2.20. The van der Waals surface area contributed by atoms with Crippen LogP contribution in [0.2, 0.25) is 0 Å². The van der Waals surface area contributed by atoms with Gasteiger partial charge in [0.15, 0.2) is 0 Å². The first kappa shape index (κ1) is 15.8. The van der Waals surface area contributed by atoms with Crippen molar-refractivity contribution in [3.8, 4) is 5.75 Å². The Morgan fingerprint density at radius 2 is 1.95 bits per heavy atom. The second-order valence-corrected chi connectivity index (χ2v) is 4.03. The van der Waals surface area contributed by atoms with Gasteiger partial charge in [0.05, 0.1) is 6.61 Å². The second kappa shape index (κ2) is 7.35. The lowest BCUT2D eigenvalue weighted by atomic mass is 10.0. The predicted octanol–water partition coefficient (Wildman–Crippen LogP) is 3.05. The summed E-state index contributed by atoms with van der Waals surface area (Å²) < 4.78 is 45.6. The highest BCUT2D eigenvalue weighted by atomic mass is 19.4. The number of hydrogen-bond donors (Lipinski definition) is 1. The number of ether oxygens (including phenoxy) is 2. The van der Waals surface area contributed by atoms with Crippen molar-refractivity contribution in [2.24, 2.45) is 5.73 Å². The molecule has 0 spiro atoms. The van der Waals surface area contributed by atoms with Crippen LogP contribution in [0.1, 0.15) is 24.9 Å². The third kappa shape index (κ3) is 5.94. The first-order chi connectivity index (χ1) is 8.94. The summed E-state index contributed by atoms with van der Waals surface area (Å²) in [7, 11) is 0. The molecule has 0 heterocycles. The molecule has 3 nitrogen and oxygen atoms in total. The second-order valence-electron chi connectivity index (χ2n) is 4.03. The van der Waals surface area contributed by atoms with E-state index in [0.717, 1.165) is 5.56 Å². The van der Waals surface area contributed by atoms with Gasteiger partial charge in [-0.15, -0.1) is 0 Å².